The minimum atomic E-state index is -0.865. The van der Waals surface area contributed by atoms with Crippen LogP contribution in [0.15, 0.2) is 12.2 Å². The first-order valence-corrected chi connectivity index (χ1v) is 8.57. The van der Waals surface area contributed by atoms with Crippen LogP contribution in [0.2, 0.25) is 0 Å². The molecule has 0 aliphatic carbocycles. The van der Waals surface area contributed by atoms with Gasteiger partial charge in [-0.1, -0.05) is 19.1 Å². The molecule has 0 radical (unpaired) electrons. The number of carboxylic acids is 1. The lowest BCUT2D eigenvalue weighted by atomic mass is 9.94. The zero-order chi connectivity index (χ0) is 20.1. The maximum Gasteiger partial charge on any atom is 0.341 e. The number of amides is 2. The van der Waals surface area contributed by atoms with Gasteiger partial charge in [0, 0.05) is 18.2 Å². The number of cyclic esters (lactones) is 1. The van der Waals surface area contributed by atoms with Crippen LogP contribution in [0, 0.1) is 12.8 Å². The highest BCUT2D eigenvalue weighted by molar-refractivity contribution is 6.05. The molecule has 0 fully saturated rings. The molecule has 2 amide bonds. The summed E-state index contributed by atoms with van der Waals surface area (Å²) in [6.45, 7) is 3.59. The molecule has 1 aromatic rings. The van der Waals surface area contributed by atoms with E-state index in [2.05, 4.69) is 10.6 Å². The fourth-order valence-electron chi connectivity index (χ4n) is 2.97. The van der Waals surface area contributed by atoms with Crippen molar-refractivity contribution in [3.05, 3.63) is 34.4 Å². The Morgan fingerprint density at radius 3 is 2.67 bits per heavy atom. The molecule has 1 aliphatic heterocycles. The smallest absolute Gasteiger partial charge is 0.341 e. The molecule has 1 heterocycles. The molecule has 0 aromatic heterocycles. The average Bonchev–Trinajstić information content (AvgIpc) is 3.03. The first-order valence-electron chi connectivity index (χ1n) is 8.57. The van der Waals surface area contributed by atoms with Crippen LogP contribution < -0.4 is 15.4 Å². The summed E-state index contributed by atoms with van der Waals surface area (Å²) in [7, 11) is 3.00. The number of carbonyl (C=O) groups is 3. The molecule has 1 unspecified atom stereocenters. The molecule has 0 saturated heterocycles. The molecule has 1 aromatic carbocycles. The van der Waals surface area contributed by atoms with E-state index in [0.29, 0.717) is 41.0 Å². The lowest BCUT2D eigenvalue weighted by molar-refractivity contribution is -0.140. The van der Waals surface area contributed by atoms with Crippen LogP contribution in [0.1, 0.15) is 40.4 Å². The van der Waals surface area contributed by atoms with Gasteiger partial charge >= 0.3 is 18.0 Å². The van der Waals surface area contributed by atoms with Crippen LogP contribution in [0.4, 0.5) is 10.5 Å². The maximum absolute atomic E-state index is 12.2. The van der Waals surface area contributed by atoms with E-state index in [9.17, 15) is 14.4 Å². The number of hydrogen-bond acceptors (Lipinski definition) is 5. The number of methoxy groups -OCH3 is 1. The van der Waals surface area contributed by atoms with Gasteiger partial charge in [-0.25, -0.2) is 9.59 Å². The first-order chi connectivity index (χ1) is 12.8. The van der Waals surface area contributed by atoms with Crippen LogP contribution in [0.25, 0.3) is 0 Å². The minimum absolute atomic E-state index is 0.130. The summed E-state index contributed by atoms with van der Waals surface area (Å²) < 4.78 is 10.7. The quantitative estimate of drug-likeness (QED) is 0.498. The number of allylic oxidation sites excluding steroid dienone is 2. The highest BCUT2D eigenvalue weighted by Crippen LogP contribution is 2.41. The summed E-state index contributed by atoms with van der Waals surface area (Å²) >= 11 is 0. The fraction of sp³-hybridized carbons (Fsp3) is 0.421. The molecule has 0 spiro atoms. The molecular formula is C19H24N2O6. The number of esters is 1. The van der Waals surface area contributed by atoms with E-state index >= 15 is 0 Å². The van der Waals surface area contributed by atoms with Gasteiger partial charge in [-0.2, -0.15) is 0 Å². The van der Waals surface area contributed by atoms with E-state index in [4.69, 9.17) is 14.6 Å². The van der Waals surface area contributed by atoms with E-state index in [1.807, 2.05) is 6.92 Å². The topological polar surface area (TPSA) is 114 Å². The van der Waals surface area contributed by atoms with Crippen molar-refractivity contribution < 1.29 is 29.0 Å². The van der Waals surface area contributed by atoms with Gasteiger partial charge in [-0.05, 0) is 25.3 Å². The van der Waals surface area contributed by atoms with E-state index in [1.165, 1.54) is 14.2 Å². The third kappa shape index (κ3) is 4.21. The van der Waals surface area contributed by atoms with Gasteiger partial charge in [-0.15, -0.1) is 0 Å². The number of hydrogen-bond donors (Lipinski definition) is 3. The molecule has 2 rings (SSSR count). The number of ether oxygens (including phenoxy) is 2. The van der Waals surface area contributed by atoms with Crippen LogP contribution in [-0.2, 0) is 22.6 Å². The molecule has 0 saturated carbocycles. The predicted octanol–water partition coefficient (Wildman–Crippen LogP) is 2.63. The Morgan fingerprint density at radius 1 is 1.37 bits per heavy atom. The van der Waals surface area contributed by atoms with E-state index in [-0.39, 0.29) is 6.61 Å². The van der Waals surface area contributed by atoms with Crippen molar-refractivity contribution in [2.75, 3.05) is 19.5 Å². The van der Waals surface area contributed by atoms with Gasteiger partial charge in [0.05, 0.1) is 24.3 Å². The number of carbonyl (C=O) groups excluding carboxylic acids is 2. The Bertz CT molecular complexity index is 800. The van der Waals surface area contributed by atoms with Gasteiger partial charge in [0.15, 0.2) is 0 Å². The van der Waals surface area contributed by atoms with Crippen molar-refractivity contribution in [3.8, 4) is 5.75 Å². The zero-order valence-corrected chi connectivity index (χ0v) is 15.8. The molecule has 8 nitrogen and oxygen atoms in total. The van der Waals surface area contributed by atoms with E-state index < -0.39 is 23.9 Å². The van der Waals surface area contributed by atoms with Crippen molar-refractivity contribution in [3.63, 3.8) is 0 Å². The van der Waals surface area contributed by atoms with Crippen LogP contribution >= 0.6 is 0 Å². The van der Waals surface area contributed by atoms with Crippen molar-refractivity contribution in [2.45, 2.75) is 33.3 Å². The van der Waals surface area contributed by atoms with Crippen molar-refractivity contribution in [2.24, 2.45) is 5.92 Å². The minimum Gasteiger partial charge on any atom is -0.496 e. The number of aliphatic carboxylic acids is 1. The van der Waals surface area contributed by atoms with Gasteiger partial charge in [-0.3, -0.25) is 4.79 Å². The maximum atomic E-state index is 12.2. The third-order valence-electron chi connectivity index (χ3n) is 4.54. The van der Waals surface area contributed by atoms with Crippen molar-refractivity contribution in [1.82, 2.24) is 5.32 Å². The number of rotatable bonds is 7. The second kappa shape index (κ2) is 8.57. The highest BCUT2D eigenvalue weighted by Gasteiger charge is 2.32. The molecular weight excluding hydrogens is 352 g/mol. The van der Waals surface area contributed by atoms with Gasteiger partial charge < -0.3 is 25.2 Å². The number of anilines is 1. The van der Waals surface area contributed by atoms with E-state index in [0.717, 1.165) is 5.56 Å². The second-order valence-corrected chi connectivity index (χ2v) is 6.30. The summed E-state index contributed by atoms with van der Waals surface area (Å²) in [4.78, 5) is 35.1. The number of urea groups is 1. The van der Waals surface area contributed by atoms with Crippen molar-refractivity contribution in [1.29, 1.82) is 0 Å². The van der Waals surface area contributed by atoms with Crippen LogP contribution in [-0.4, -0.2) is 37.2 Å². The molecule has 1 atom stereocenters. The lowest BCUT2D eigenvalue weighted by Gasteiger charge is -2.19. The summed E-state index contributed by atoms with van der Waals surface area (Å²) in [6, 6.07) is -0.465. The zero-order valence-electron chi connectivity index (χ0n) is 15.8. The molecule has 0 bridgehead atoms. The summed E-state index contributed by atoms with van der Waals surface area (Å²) in [5.41, 5.74) is 2.79. The SMILES string of the molecule is CNC(=O)Nc1c(C/C=C/CC(C)C(=O)O)c(OC)c(C)c2c1C(=O)OC2. The number of benzene rings is 1. The fourth-order valence-corrected chi connectivity index (χ4v) is 2.97. The molecule has 8 heteroatoms. The van der Waals surface area contributed by atoms with Crippen LogP contribution in [0.5, 0.6) is 5.75 Å². The first kappa shape index (κ1) is 20.3. The Hall–Kier alpha value is -3.03. The molecule has 1 aliphatic rings. The number of fused-ring (bicyclic) bond motifs is 1. The van der Waals surface area contributed by atoms with Crippen LogP contribution in [0.3, 0.4) is 0 Å². The molecule has 3 N–H and O–H groups in total. The molecule has 146 valence electrons. The van der Waals surface area contributed by atoms with Gasteiger partial charge in [0.2, 0.25) is 0 Å². The lowest BCUT2D eigenvalue weighted by Crippen LogP contribution is -2.26. The highest BCUT2D eigenvalue weighted by atomic mass is 16.5. The summed E-state index contributed by atoms with van der Waals surface area (Å²) in [5.74, 6) is -1.29. The van der Waals surface area contributed by atoms with Gasteiger partial charge in [0.25, 0.3) is 0 Å². The largest absolute Gasteiger partial charge is 0.496 e. The third-order valence-corrected chi connectivity index (χ3v) is 4.54. The van der Waals surface area contributed by atoms with Gasteiger partial charge in [0.1, 0.15) is 12.4 Å². The Kier molecular flexibility index (Phi) is 6.44. The Balaban J connectivity index is 2.47. The Morgan fingerprint density at radius 2 is 2.07 bits per heavy atom. The second-order valence-electron chi connectivity index (χ2n) is 6.30. The summed E-state index contributed by atoms with van der Waals surface area (Å²) in [5, 5.41) is 14.1. The Labute approximate surface area is 157 Å². The van der Waals surface area contributed by atoms with Crippen molar-refractivity contribution >= 4 is 23.7 Å². The normalized spacial score (nSPS) is 13.9. The van der Waals surface area contributed by atoms with E-state index in [1.54, 1.807) is 19.1 Å². The number of carboxylic acid groups (broad SMARTS) is 1. The predicted molar refractivity (Wildman–Crippen MR) is 99.2 cm³/mol. The number of nitrogens with one attached hydrogen (secondary N) is 2. The molecule has 27 heavy (non-hydrogen) atoms. The average molecular weight is 376 g/mol. The monoisotopic (exact) mass is 376 g/mol. The standard InChI is InChI=1S/C19H24N2O6/c1-10(17(22)23)7-5-6-8-12-15(21-19(25)20-3)14-13(9-27-18(14)24)11(2)16(12)26-4/h5-6,10H,7-9H2,1-4H3,(H,22,23)(H2,20,21,25)/b6-5+. The summed E-state index contributed by atoms with van der Waals surface area (Å²) in [6.07, 6.45) is 4.30.